The first-order chi connectivity index (χ1) is 8.41. The van der Waals surface area contributed by atoms with E-state index in [1.54, 1.807) is 0 Å². The van der Waals surface area contributed by atoms with Crippen molar-refractivity contribution in [3.8, 4) is 0 Å². The largest absolute Gasteiger partial charge is 0.480 e. The van der Waals surface area contributed by atoms with Crippen LogP contribution in [0.3, 0.4) is 0 Å². The van der Waals surface area contributed by atoms with Crippen LogP contribution >= 0.6 is 0 Å². The quantitative estimate of drug-likeness (QED) is 0.425. The summed E-state index contributed by atoms with van der Waals surface area (Å²) >= 11 is 0. The zero-order valence-corrected chi connectivity index (χ0v) is 9.80. The zero-order chi connectivity index (χ0) is 13.7. The van der Waals surface area contributed by atoms with Crippen LogP contribution in [-0.2, 0) is 19.1 Å². The van der Waals surface area contributed by atoms with Crippen LogP contribution in [0, 0.1) is 5.92 Å². The fraction of sp³-hybridized carbons (Fsp3) is 0.700. The number of carbonyl (C=O) groups is 3. The van der Waals surface area contributed by atoms with Crippen molar-refractivity contribution >= 4 is 17.8 Å². The molecule has 1 saturated heterocycles. The molecule has 0 aromatic heterocycles. The molecule has 3 atom stereocenters. The molecule has 1 rings (SSSR count). The number of rotatable bonds is 6. The molecule has 0 bridgehead atoms. The van der Waals surface area contributed by atoms with Crippen molar-refractivity contribution in [3.63, 3.8) is 0 Å². The van der Waals surface area contributed by atoms with Gasteiger partial charge in [-0.3, -0.25) is 9.59 Å². The van der Waals surface area contributed by atoms with Gasteiger partial charge >= 0.3 is 5.97 Å². The molecule has 0 radical (unpaired) electrons. The lowest BCUT2D eigenvalue weighted by atomic mass is 10.0. The van der Waals surface area contributed by atoms with Crippen molar-refractivity contribution < 1.29 is 24.2 Å². The van der Waals surface area contributed by atoms with Gasteiger partial charge in [-0.2, -0.15) is 0 Å². The van der Waals surface area contributed by atoms with Crippen LogP contribution in [0.2, 0.25) is 0 Å². The minimum atomic E-state index is -1.21. The molecular weight excluding hydrogens is 242 g/mol. The third-order valence-corrected chi connectivity index (χ3v) is 2.76. The minimum absolute atomic E-state index is 0.0424. The van der Waals surface area contributed by atoms with Gasteiger partial charge in [0.15, 0.2) is 0 Å². The van der Waals surface area contributed by atoms with Gasteiger partial charge in [-0.25, -0.2) is 4.79 Å². The van der Waals surface area contributed by atoms with Gasteiger partial charge in [0.1, 0.15) is 6.04 Å². The lowest BCUT2D eigenvalue weighted by Crippen LogP contribution is -2.48. The Kier molecular flexibility index (Phi) is 5.05. The first kappa shape index (κ1) is 14.4. The van der Waals surface area contributed by atoms with E-state index in [1.807, 2.05) is 0 Å². The maximum Gasteiger partial charge on any atom is 0.326 e. The van der Waals surface area contributed by atoms with Crippen molar-refractivity contribution in [2.75, 3.05) is 13.2 Å². The van der Waals surface area contributed by atoms with Crippen LogP contribution in [0.5, 0.6) is 0 Å². The number of aliphatic carboxylic acids is 1. The Morgan fingerprint density at radius 3 is 2.50 bits per heavy atom. The maximum atomic E-state index is 11.8. The van der Waals surface area contributed by atoms with Gasteiger partial charge in [0.25, 0.3) is 0 Å². The summed E-state index contributed by atoms with van der Waals surface area (Å²) in [6.07, 6.45) is -0.149. The first-order valence-electron chi connectivity index (χ1n) is 5.56. The second-order valence-corrected chi connectivity index (χ2v) is 4.21. The van der Waals surface area contributed by atoms with E-state index in [2.05, 4.69) is 5.32 Å². The van der Waals surface area contributed by atoms with Crippen molar-refractivity contribution in [2.45, 2.75) is 24.9 Å². The molecule has 3 unspecified atom stereocenters. The molecule has 0 spiro atoms. The van der Waals surface area contributed by atoms with E-state index < -0.39 is 35.8 Å². The summed E-state index contributed by atoms with van der Waals surface area (Å²) < 4.78 is 5.02. The van der Waals surface area contributed by atoms with Crippen molar-refractivity contribution in [1.82, 2.24) is 5.32 Å². The Morgan fingerprint density at radius 1 is 1.39 bits per heavy atom. The Bertz CT molecular complexity index is 346. The molecule has 6 N–H and O–H groups in total. The van der Waals surface area contributed by atoms with Gasteiger partial charge in [-0.05, 0) is 6.42 Å². The number of hydrogen-bond acceptors (Lipinski definition) is 5. The summed E-state index contributed by atoms with van der Waals surface area (Å²) in [5, 5.41) is 11.3. The highest BCUT2D eigenvalue weighted by Crippen LogP contribution is 2.12. The van der Waals surface area contributed by atoms with Crippen LogP contribution < -0.4 is 16.8 Å². The predicted octanol–water partition coefficient (Wildman–Crippen LogP) is -2.20. The Hall–Kier alpha value is -1.67. The predicted molar refractivity (Wildman–Crippen MR) is 60.3 cm³/mol. The number of carboxylic acid groups (broad SMARTS) is 1. The molecular formula is C10H17N3O5. The van der Waals surface area contributed by atoms with E-state index in [9.17, 15) is 14.4 Å². The summed E-state index contributed by atoms with van der Waals surface area (Å²) in [4.78, 5) is 33.3. The van der Waals surface area contributed by atoms with E-state index in [1.165, 1.54) is 0 Å². The van der Waals surface area contributed by atoms with Gasteiger partial charge in [-0.15, -0.1) is 0 Å². The average molecular weight is 259 g/mol. The van der Waals surface area contributed by atoms with Crippen LogP contribution in [-0.4, -0.2) is 48.2 Å². The zero-order valence-electron chi connectivity index (χ0n) is 9.80. The average Bonchev–Trinajstić information content (AvgIpc) is 2.69. The number of primary amides is 1. The second kappa shape index (κ2) is 6.31. The third-order valence-electron chi connectivity index (χ3n) is 2.76. The van der Waals surface area contributed by atoms with Gasteiger partial charge in [-0.1, -0.05) is 0 Å². The standard InChI is InChI=1S/C10H17N3O5/c11-6-4-18-3-5(6)9(15)13-7(10(16)17)1-2-8(12)14/h5-7H,1-4,11H2,(H2,12,14)(H,13,15)(H,16,17). The molecule has 1 aliphatic heterocycles. The van der Waals surface area contributed by atoms with Gasteiger partial charge in [0.2, 0.25) is 11.8 Å². The highest BCUT2D eigenvalue weighted by atomic mass is 16.5. The number of nitrogens with two attached hydrogens (primary N) is 2. The lowest BCUT2D eigenvalue weighted by Gasteiger charge is -2.18. The van der Waals surface area contributed by atoms with Crippen molar-refractivity contribution in [1.29, 1.82) is 0 Å². The topological polar surface area (TPSA) is 145 Å². The number of carbonyl (C=O) groups excluding carboxylic acids is 2. The molecule has 1 heterocycles. The second-order valence-electron chi connectivity index (χ2n) is 4.21. The van der Waals surface area contributed by atoms with E-state index in [0.717, 1.165) is 0 Å². The highest BCUT2D eigenvalue weighted by molar-refractivity contribution is 5.86. The fourth-order valence-corrected chi connectivity index (χ4v) is 1.66. The number of ether oxygens (including phenoxy) is 1. The molecule has 0 aliphatic carbocycles. The molecule has 2 amide bonds. The molecule has 1 aliphatic rings. The first-order valence-corrected chi connectivity index (χ1v) is 5.56. The summed E-state index contributed by atoms with van der Waals surface area (Å²) in [5.41, 5.74) is 10.6. The van der Waals surface area contributed by atoms with Crippen molar-refractivity contribution in [3.05, 3.63) is 0 Å². The highest BCUT2D eigenvalue weighted by Gasteiger charge is 2.33. The Morgan fingerprint density at radius 2 is 2.06 bits per heavy atom. The molecule has 18 heavy (non-hydrogen) atoms. The minimum Gasteiger partial charge on any atom is -0.480 e. The third kappa shape index (κ3) is 3.97. The van der Waals surface area contributed by atoms with Gasteiger partial charge < -0.3 is 26.6 Å². The van der Waals surface area contributed by atoms with Crippen molar-refractivity contribution in [2.24, 2.45) is 17.4 Å². The summed E-state index contributed by atoms with van der Waals surface area (Å²) in [5.74, 6) is -2.86. The SMILES string of the molecule is NC(=O)CCC(NC(=O)C1COCC1N)C(=O)O. The summed E-state index contributed by atoms with van der Waals surface area (Å²) in [7, 11) is 0. The van der Waals surface area contributed by atoms with Crippen LogP contribution in [0.25, 0.3) is 0 Å². The molecule has 102 valence electrons. The number of amides is 2. The van der Waals surface area contributed by atoms with E-state index in [4.69, 9.17) is 21.3 Å². The van der Waals surface area contributed by atoms with Crippen LogP contribution in [0.15, 0.2) is 0 Å². The van der Waals surface area contributed by atoms with E-state index in [0.29, 0.717) is 0 Å². The summed E-state index contributed by atoms with van der Waals surface area (Å²) in [6, 6.07) is -1.58. The molecule has 0 saturated carbocycles. The maximum absolute atomic E-state index is 11.8. The molecule has 1 fully saturated rings. The number of hydrogen-bond donors (Lipinski definition) is 4. The normalized spacial score (nSPS) is 24.5. The molecule has 8 heteroatoms. The number of carboxylic acids is 1. The monoisotopic (exact) mass is 259 g/mol. The smallest absolute Gasteiger partial charge is 0.326 e. The number of nitrogens with one attached hydrogen (secondary N) is 1. The van der Waals surface area contributed by atoms with Crippen LogP contribution in [0.4, 0.5) is 0 Å². The molecule has 0 aromatic carbocycles. The van der Waals surface area contributed by atoms with Gasteiger partial charge in [0, 0.05) is 12.5 Å². The van der Waals surface area contributed by atoms with E-state index in [-0.39, 0.29) is 26.1 Å². The Labute approximate surface area is 104 Å². The van der Waals surface area contributed by atoms with E-state index >= 15 is 0 Å². The van der Waals surface area contributed by atoms with Crippen LogP contribution in [0.1, 0.15) is 12.8 Å². The lowest BCUT2D eigenvalue weighted by molar-refractivity contribution is -0.142. The molecule has 8 nitrogen and oxygen atoms in total. The Balaban J connectivity index is 2.52. The molecule has 0 aromatic rings. The van der Waals surface area contributed by atoms with Gasteiger partial charge in [0.05, 0.1) is 19.1 Å². The summed E-state index contributed by atoms with van der Waals surface area (Å²) in [6.45, 7) is 0.451. The fourth-order valence-electron chi connectivity index (χ4n) is 1.66.